The van der Waals surface area contributed by atoms with Crippen LogP contribution in [0.25, 0.3) is 11.1 Å². The number of carbonyl (C=O) groups is 1. The first-order valence-corrected chi connectivity index (χ1v) is 5.27. The molecule has 0 spiro atoms. The van der Waals surface area contributed by atoms with Crippen LogP contribution >= 0.6 is 0 Å². The Balaban J connectivity index is 2.41. The van der Waals surface area contributed by atoms with Crippen molar-refractivity contribution < 1.29 is 9.18 Å². The van der Waals surface area contributed by atoms with Gasteiger partial charge in [0.05, 0.1) is 0 Å². The summed E-state index contributed by atoms with van der Waals surface area (Å²) in [6.45, 7) is 1.73. The number of hydrogen-bond acceptors (Lipinski definition) is 1. The fourth-order valence-electron chi connectivity index (χ4n) is 1.63. The number of benzene rings is 2. The smallest absolute Gasteiger partial charge is 0.211 e. The summed E-state index contributed by atoms with van der Waals surface area (Å²) >= 11 is 0. The number of amides is 1. The van der Waals surface area contributed by atoms with Crippen LogP contribution in [-0.4, -0.2) is 6.41 Å². The summed E-state index contributed by atoms with van der Waals surface area (Å²) in [5.74, 6) is -0.226. The molecule has 0 saturated heterocycles. The number of carbonyl (C=O) groups excluding carboxylic acids is 1. The van der Waals surface area contributed by atoms with E-state index in [9.17, 15) is 9.18 Å². The number of rotatable bonds is 3. The molecular weight excluding hydrogens is 217 g/mol. The highest BCUT2D eigenvalue weighted by Gasteiger charge is 2.02. The minimum Gasteiger partial charge on any atom is -0.329 e. The highest BCUT2D eigenvalue weighted by molar-refractivity contribution is 5.75. The molecule has 2 aromatic carbocycles. The van der Waals surface area contributed by atoms with E-state index in [4.69, 9.17) is 0 Å². The Hall–Kier alpha value is -2.16. The molecule has 17 heavy (non-hydrogen) atoms. The molecule has 0 heterocycles. The van der Waals surface area contributed by atoms with Crippen molar-refractivity contribution in [2.75, 3.05) is 5.32 Å². The lowest BCUT2D eigenvalue weighted by molar-refractivity contribution is -0.105. The van der Waals surface area contributed by atoms with Crippen LogP contribution in [0.1, 0.15) is 5.56 Å². The molecule has 0 aliphatic rings. The number of aryl methyl sites for hydroxylation is 1. The molecule has 0 saturated carbocycles. The van der Waals surface area contributed by atoms with Crippen LogP contribution in [0, 0.1) is 12.7 Å². The van der Waals surface area contributed by atoms with E-state index in [1.807, 2.05) is 18.2 Å². The molecule has 0 aromatic heterocycles. The molecule has 0 fully saturated rings. The molecule has 1 N–H and O–H groups in total. The van der Waals surface area contributed by atoms with Crippen molar-refractivity contribution in [1.29, 1.82) is 0 Å². The van der Waals surface area contributed by atoms with Crippen LogP contribution < -0.4 is 5.32 Å². The molecule has 0 bridgehead atoms. The van der Waals surface area contributed by atoms with E-state index in [-0.39, 0.29) is 5.82 Å². The van der Waals surface area contributed by atoms with Crippen molar-refractivity contribution in [3.05, 3.63) is 53.8 Å². The summed E-state index contributed by atoms with van der Waals surface area (Å²) in [7, 11) is 0. The maximum absolute atomic E-state index is 13.4. The van der Waals surface area contributed by atoms with Crippen molar-refractivity contribution in [2.45, 2.75) is 6.92 Å². The zero-order chi connectivity index (χ0) is 12.3. The summed E-state index contributed by atoms with van der Waals surface area (Å²) in [5, 5.41) is 2.57. The Morgan fingerprint density at radius 3 is 2.59 bits per heavy atom. The van der Waals surface area contributed by atoms with Crippen LogP contribution in [0.2, 0.25) is 0 Å². The van der Waals surface area contributed by atoms with Gasteiger partial charge in [0.15, 0.2) is 0 Å². The van der Waals surface area contributed by atoms with Gasteiger partial charge in [-0.15, -0.1) is 0 Å². The van der Waals surface area contributed by atoms with E-state index in [0.29, 0.717) is 17.7 Å². The monoisotopic (exact) mass is 229 g/mol. The molecule has 1 amide bonds. The lowest BCUT2D eigenvalue weighted by Gasteiger charge is -2.05. The van der Waals surface area contributed by atoms with E-state index < -0.39 is 0 Å². The molecule has 3 heteroatoms. The summed E-state index contributed by atoms with van der Waals surface area (Å²) in [6.07, 6.45) is 0.620. The lowest BCUT2D eigenvalue weighted by Crippen LogP contribution is -1.93. The summed E-state index contributed by atoms with van der Waals surface area (Å²) < 4.78 is 13.4. The van der Waals surface area contributed by atoms with Gasteiger partial charge in [0, 0.05) is 5.69 Å². The van der Waals surface area contributed by atoms with E-state index in [1.54, 1.807) is 25.1 Å². The minimum absolute atomic E-state index is 0.226. The molecule has 0 aliphatic heterocycles. The summed E-state index contributed by atoms with van der Waals surface area (Å²) in [5.41, 5.74) is 2.98. The van der Waals surface area contributed by atoms with Crippen molar-refractivity contribution in [2.24, 2.45) is 0 Å². The van der Waals surface area contributed by atoms with Crippen LogP contribution in [0.15, 0.2) is 42.5 Å². The Morgan fingerprint density at radius 1 is 1.12 bits per heavy atom. The van der Waals surface area contributed by atoms with Crippen LogP contribution in [0.5, 0.6) is 0 Å². The highest BCUT2D eigenvalue weighted by atomic mass is 19.1. The van der Waals surface area contributed by atoms with E-state index in [0.717, 1.165) is 11.1 Å². The molecule has 2 aromatic rings. The Kier molecular flexibility index (Phi) is 3.19. The number of hydrogen-bond donors (Lipinski definition) is 1. The molecule has 0 aliphatic carbocycles. The first-order chi connectivity index (χ1) is 8.20. The topological polar surface area (TPSA) is 29.1 Å². The lowest BCUT2D eigenvalue weighted by atomic mass is 10.0. The van der Waals surface area contributed by atoms with Crippen molar-refractivity contribution in [3.8, 4) is 11.1 Å². The average Bonchev–Trinajstić information content (AvgIpc) is 2.33. The maximum atomic E-state index is 13.4. The Bertz CT molecular complexity index is 552. The number of halogens is 1. The van der Waals surface area contributed by atoms with Gasteiger partial charge >= 0.3 is 0 Å². The molecule has 2 nitrogen and oxygen atoms in total. The fraction of sp³-hybridized carbons (Fsp3) is 0.0714. The molecule has 0 unspecified atom stereocenters. The van der Waals surface area contributed by atoms with Gasteiger partial charge in [0.1, 0.15) is 5.82 Å². The van der Waals surface area contributed by atoms with E-state index in [1.165, 1.54) is 6.07 Å². The molecular formula is C14H12FNO. The highest BCUT2D eigenvalue weighted by Crippen LogP contribution is 2.24. The maximum Gasteiger partial charge on any atom is 0.211 e. The van der Waals surface area contributed by atoms with Gasteiger partial charge in [0.25, 0.3) is 0 Å². The molecule has 2 rings (SSSR count). The normalized spacial score (nSPS) is 10.0. The van der Waals surface area contributed by atoms with E-state index >= 15 is 0 Å². The minimum atomic E-state index is -0.226. The van der Waals surface area contributed by atoms with Crippen LogP contribution in [0.3, 0.4) is 0 Å². The van der Waals surface area contributed by atoms with Gasteiger partial charge < -0.3 is 5.32 Å². The predicted octanol–water partition coefficient (Wildman–Crippen LogP) is 3.37. The quantitative estimate of drug-likeness (QED) is 0.803. The Morgan fingerprint density at radius 2 is 1.88 bits per heavy atom. The first-order valence-electron chi connectivity index (χ1n) is 5.27. The number of nitrogens with one attached hydrogen (secondary N) is 1. The second-order valence-corrected chi connectivity index (χ2v) is 3.81. The summed E-state index contributed by atoms with van der Waals surface area (Å²) in [4.78, 5) is 10.3. The standard InChI is InChI=1S/C14H12FNO/c1-10-5-6-12(8-14(10)15)11-3-2-4-13(7-11)16-9-17/h2-9H,1H3,(H,16,17). The van der Waals surface area contributed by atoms with Crippen molar-refractivity contribution >= 4 is 12.1 Å². The van der Waals surface area contributed by atoms with Gasteiger partial charge in [-0.05, 0) is 41.8 Å². The Labute approximate surface area is 99.1 Å². The zero-order valence-electron chi connectivity index (χ0n) is 9.41. The van der Waals surface area contributed by atoms with E-state index in [2.05, 4.69) is 5.32 Å². The third kappa shape index (κ3) is 2.50. The van der Waals surface area contributed by atoms with Crippen molar-refractivity contribution in [1.82, 2.24) is 0 Å². The third-order valence-electron chi connectivity index (χ3n) is 2.59. The van der Waals surface area contributed by atoms with Gasteiger partial charge in [-0.2, -0.15) is 0 Å². The molecule has 86 valence electrons. The zero-order valence-corrected chi connectivity index (χ0v) is 9.41. The largest absolute Gasteiger partial charge is 0.329 e. The first kappa shape index (κ1) is 11.3. The van der Waals surface area contributed by atoms with Crippen LogP contribution in [-0.2, 0) is 4.79 Å². The van der Waals surface area contributed by atoms with Gasteiger partial charge in [0.2, 0.25) is 6.41 Å². The predicted molar refractivity (Wildman–Crippen MR) is 66.3 cm³/mol. The second kappa shape index (κ2) is 4.78. The number of anilines is 1. The second-order valence-electron chi connectivity index (χ2n) is 3.81. The van der Waals surface area contributed by atoms with Crippen LogP contribution in [0.4, 0.5) is 10.1 Å². The average molecular weight is 229 g/mol. The SMILES string of the molecule is Cc1ccc(-c2cccc(NC=O)c2)cc1F. The fourth-order valence-corrected chi connectivity index (χ4v) is 1.63. The van der Waals surface area contributed by atoms with Crippen molar-refractivity contribution in [3.63, 3.8) is 0 Å². The van der Waals surface area contributed by atoms with Gasteiger partial charge in [-0.1, -0.05) is 24.3 Å². The molecule has 0 radical (unpaired) electrons. The van der Waals surface area contributed by atoms with Gasteiger partial charge in [-0.3, -0.25) is 4.79 Å². The van der Waals surface area contributed by atoms with Gasteiger partial charge in [-0.25, -0.2) is 4.39 Å². The third-order valence-corrected chi connectivity index (χ3v) is 2.59. The summed E-state index contributed by atoms with van der Waals surface area (Å²) in [6, 6.07) is 12.4. The molecule has 0 atom stereocenters.